The molecular formula is C16H29KO11S. The second-order valence-electron chi connectivity index (χ2n) is 7.52. The summed E-state index contributed by atoms with van der Waals surface area (Å²) in [6.07, 6.45) is -8.15. The van der Waals surface area contributed by atoms with Crippen LogP contribution >= 0.6 is 0 Å². The maximum atomic E-state index is 10.9. The van der Waals surface area contributed by atoms with Gasteiger partial charge in [0, 0.05) is 0 Å². The molecule has 0 aromatic rings. The van der Waals surface area contributed by atoms with Gasteiger partial charge < -0.3 is 39.6 Å². The van der Waals surface area contributed by atoms with Crippen molar-refractivity contribution in [2.75, 3.05) is 6.61 Å². The van der Waals surface area contributed by atoms with Gasteiger partial charge in [-0.15, -0.1) is 6.58 Å². The summed E-state index contributed by atoms with van der Waals surface area (Å²) in [5.74, 6) is 0. The summed E-state index contributed by atoms with van der Waals surface area (Å²) in [6, 6.07) is 0. The van der Waals surface area contributed by atoms with Crippen molar-refractivity contribution >= 4 is 10.4 Å². The predicted octanol–water partition coefficient (Wildman–Crippen LogP) is -4.85. The SMILES string of the molecule is C=C[C@](C)(CC[C@@H](O)C(C)(C)O)O[C@@H]1O[C@H](CO)[C@@H](O)[C@H](OS(=O)(=O)[O-])[C@H]1O.[K+]. The van der Waals surface area contributed by atoms with Crippen LogP contribution in [0.3, 0.4) is 0 Å². The van der Waals surface area contributed by atoms with Crippen LogP contribution in [0.25, 0.3) is 0 Å². The molecule has 0 aliphatic carbocycles. The van der Waals surface area contributed by atoms with Crippen molar-refractivity contribution in [3.8, 4) is 0 Å². The Morgan fingerprint density at radius 3 is 2.24 bits per heavy atom. The van der Waals surface area contributed by atoms with Gasteiger partial charge in [0.05, 0.1) is 23.9 Å². The Labute approximate surface area is 213 Å². The van der Waals surface area contributed by atoms with Gasteiger partial charge in [-0.1, -0.05) is 6.08 Å². The average molecular weight is 469 g/mol. The third kappa shape index (κ3) is 9.16. The zero-order chi connectivity index (χ0) is 21.9. The Morgan fingerprint density at radius 2 is 1.83 bits per heavy atom. The molecule has 1 rings (SSSR count). The van der Waals surface area contributed by atoms with Crippen molar-refractivity contribution in [2.24, 2.45) is 0 Å². The van der Waals surface area contributed by atoms with Gasteiger partial charge in [-0.05, 0) is 33.6 Å². The van der Waals surface area contributed by atoms with Crippen LogP contribution in [-0.2, 0) is 24.1 Å². The molecule has 11 nitrogen and oxygen atoms in total. The topological polar surface area (TPSA) is 186 Å². The quantitative estimate of drug-likeness (QED) is 0.0896. The van der Waals surface area contributed by atoms with E-state index in [4.69, 9.17) is 9.47 Å². The van der Waals surface area contributed by atoms with Gasteiger partial charge in [0.1, 0.15) is 24.4 Å². The molecule has 0 aromatic carbocycles. The summed E-state index contributed by atoms with van der Waals surface area (Å²) >= 11 is 0. The van der Waals surface area contributed by atoms with Crippen molar-refractivity contribution < 1.29 is 104 Å². The van der Waals surface area contributed by atoms with Gasteiger partial charge in [-0.25, -0.2) is 8.42 Å². The van der Waals surface area contributed by atoms with E-state index in [1.807, 2.05) is 0 Å². The molecule has 5 N–H and O–H groups in total. The molecule has 1 aliphatic heterocycles. The maximum absolute atomic E-state index is 10.9. The summed E-state index contributed by atoms with van der Waals surface area (Å²) in [5, 5.41) is 49.4. The van der Waals surface area contributed by atoms with Crippen molar-refractivity contribution in [1.29, 1.82) is 0 Å². The fraction of sp³-hybridized carbons (Fsp3) is 0.875. The Kier molecular flexibility index (Phi) is 12.1. The van der Waals surface area contributed by atoms with Crippen LogP contribution in [0.1, 0.15) is 33.6 Å². The second-order valence-corrected chi connectivity index (χ2v) is 8.53. The number of rotatable bonds is 10. The molecule has 0 spiro atoms. The Morgan fingerprint density at radius 1 is 1.28 bits per heavy atom. The zero-order valence-corrected chi connectivity index (χ0v) is 20.9. The van der Waals surface area contributed by atoms with Crippen LogP contribution in [0.15, 0.2) is 12.7 Å². The van der Waals surface area contributed by atoms with Gasteiger partial charge in [0.25, 0.3) is 0 Å². The molecule has 0 saturated carbocycles. The first-order valence-electron chi connectivity index (χ1n) is 8.62. The molecular weight excluding hydrogens is 439 g/mol. The smallest absolute Gasteiger partial charge is 0.726 e. The van der Waals surface area contributed by atoms with Crippen molar-refractivity contribution in [2.45, 2.75) is 81.6 Å². The summed E-state index contributed by atoms with van der Waals surface area (Å²) in [5.41, 5.74) is -2.59. The van der Waals surface area contributed by atoms with E-state index in [0.29, 0.717) is 0 Å². The van der Waals surface area contributed by atoms with Crippen molar-refractivity contribution in [3.63, 3.8) is 0 Å². The predicted molar refractivity (Wildman–Crippen MR) is 93.6 cm³/mol. The first-order chi connectivity index (χ1) is 12.6. The fourth-order valence-electron chi connectivity index (χ4n) is 2.65. The number of ether oxygens (including phenoxy) is 2. The Bertz CT molecular complexity index is 623. The Balaban J connectivity index is 0.00000784. The number of hydrogen-bond acceptors (Lipinski definition) is 11. The molecule has 0 unspecified atom stereocenters. The van der Waals surface area contributed by atoms with Gasteiger partial charge in [-0.2, -0.15) is 0 Å². The Hall–Kier alpha value is 0.966. The second kappa shape index (κ2) is 11.7. The standard InChI is InChI=1S/C16H30O11S.K/c1-5-16(4,7-6-10(18)15(2,3)21)26-14-12(20)13(27-28(22,23)24)11(19)9(8-17)25-14;/h5,9-14,17-21H,1,6-8H2,2-4H3,(H,22,23,24);/q;+1/p-1/t9-,10-,11-,12-,13+,14+,16-;/m1./s1. The molecule has 13 heteroatoms. The van der Waals surface area contributed by atoms with E-state index in [0.717, 1.165) is 0 Å². The largest absolute Gasteiger partial charge is 1.00 e. The normalized spacial score (nSPS) is 31.4. The molecule has 1 fully saturated rings. The molecule has 1 heterocycles. The summed E-state index contributed by atoms with van der Waals surface area (Å²) in [6.45, 7) is 7.23. The van der Waals surface area contributed by atoms with Gasteiger partial charge in [-0.3, -0.25) is 4.18 Å². The first kappa shape index (κ1) is 30.0. The molecule has 166 valence electrons. The van der Waals surface area contributed by atoms with E-state index in [-0.39, 0.29) is 64.2 Å². The third-order valence-electron chi connectivity index (χ3n) is 4.60. The maximum Gasteiger partial charge on any atom is 1.00 e. The monoisotopic (exact) mass is 468 g/mol. The molecule has 0 radical (unpaired) electrons. The molecule has 7 atom stereocenters. The zero-order valence-electron chi connectivity index (χ0n) is 17.0. The van der Waals surface area contributed by atoms with Crippen LogP contribution in [0.5, 0.6) is 0 Å². The van der Waals surface area contributed by atoms with Crippen LogP contribution < -0.4 is 51.4 Å². The average Bonchev–Trinajstić information content (AvgIpc) is 2.57. The minimum absolute atomic E-state index is 0. The van der Waals surface area contributed by atoms with E-state index in [1.165, 1.54) is 26.8 Å². The van der Waals surface area contributed by atoms with Crippen LogP contribution in [0, 0.1) is 0 Å². The van der Waals surface area contributed by atoms with E-state index in [2.05, 4.69) is 10.8 Å². The molecule has 1 aliphatic rings. The molecule has 0 aromatic heterocycles. The van der Waals surface area contributed by atoms with E-state index >= 15 is 0 Å². The van der Waals surface area contributed by atoms with Crippen molar-refractivity contribution in [1.82, 2.24) is 0 Å². The molecule has 0 amide bonds. The van der Waals surface area contributed by atoms with Crippen LogP contribution in [-0.4, -0.2) is 93.1 Å². The number of hydrogen-bond donors (Lipinski definition) is 5. The van der Waals surface area contributed by atoms with Crippen LogP contribution in [0.4, 0.5) is 0 Å². The molecule has 1 saturated heterocycles. The number of aliphatic hydroxyl groups is 5. The minimum Gasteiger partial charge on any atom is -0.726 e. The van der Waals surface area contributed by atoms with E-state index < -0.39 is 65.0 Å². The van der Waals surface area contributed by atoms with Gasteiger partial charge >= 0.3 is 51.4 Å². The van der Waals surface area contributed by atoms with E-state index in [1.54, 1.807) is 0 Å². The van der Waals surface area contributed by atoms with Crippen molar-refractivity contribution in [3.05, 3.63) is 12.7 Å². The third-order valence-corrected chi connectivity index (χ3v) is 5.06. The fourth-order valence-corrected chi connectivity index (χ4v) is 3.15. The van der Waals surface area contributed by atoms with Gasteiger partial charge in [0.2, 0.25) is 10.4 Å². The molecule has 29 heavy (non-hydrogen) atoms. The summed E-state index contributed by atoms with van der Waals surface area (Å²) in [4.78, 5) is 0. The summed E-state index contributed by atoms with van der Waals surface area (Å²) in [7, 11) is -5.28. The first-order valence-corrected chi connectivity index (χ1v) is 9.95. The van der Waals surface area contributed by atoms with Crippen LogP contribution in [0.2, 0.25) is 0 Å². The minimum atomic E-state index is -5.28. The number of aliphatic hydroxyl groups excluding tert-OH is 4. The van der Waals surface area contributed by atoms with Gasteiger partial charge in [0.15, 0.2) is 6.29 Å². The summed E-state index contributed by atoms with van der Waals surface area (Å²) < 4.78 is 47.8. The van der Waals surface area contributed by atoms with E-state index in [9.17, 15) is 38.5 Å². The molecule has 0 bridgehead atoms.